The highest BCUT2D eigenvalue weighted by Crippen LogP contribution is 2.17. The van der Waals surface area contributed by atoms with Crippen LogP contribution in [0.4, 0.5) is 5.69 Å². The number of carbonyl (C=O) groups excluding carboxylic acids is 2. The summed E-state index contributed by atoms with van der Waals surface area (Å²) in [6.07, 6.45) is 0. The number of hydrogen-bond donors (Lipinski definition) is 2. The van der Waals surface area contributed by atoms with Crippen LogP contribution in [-0.4, -0.2) is 29.8 Å². The van der Waals surface area contributed by atoms with Gasteiger partial charge in [-0.1, -0.05) is 68.4 Å². The summed E-state index contributed by atoms with van der Waals surface area (Å²) in [4.78, 5) is 27.8. The highest BCUT2D eigenvalue weighted by Gasteiger charge is 2.14. The third-order valence-electron chi connectivity index (χ3n) is 5.30. The van der Waals surface area contributed by atoms with Crippen molar-refractivity contribution in [3.05, 3.63) is 101 Å². The van der Waals surface area contributed by atoms with E-state index in [0.29, 0.717) is 23.4 Å². The molecule has 31 heavy (non-hydrogen) atoms. The van der Waals surface area contributed by atoms with E-state index in [0.717, 1.165) is 25.2 Å². The van der Waals surface area contributed by atoms with Crippen LogP contribution in [-0.2, 0) is 13.1 Å². The van der Waals surface area contributed by atoms with Crippen LogP contribution in [0.15, 0.2) is 78.9 Å². The van der Waals surface area contributed by atoms with Crippen LogP contribution < -0.4 is 10.6 Å². The molecule has 0 unspecified atom stereocenters. The number of carbonyl (C=O) groups is 2. The Kier molecular flexibility index (Phi) is 7.96. The number of rotatable bonds is 9. The van der Waals surface area contributed by atoms with Gasteiger partial charge in [0.2, 0.25) is 0 Å². The molecule has 2 amide bonds. The Morgan fingerprint density at radius 1 is 0.742 bits per heavy atom. The van der Waals surface area contributed by atoms with Gasteiger partial charge in [-0.15, -0.1) is 0 Å². The van der Waals surface area contributed by atoms with Crippen LogP contribution in [0.3, 0.4) is 0 Å². The number of nitrogens with zero attached hydrogens (tertiary/aromatic N) is 1. The van der Waals surface area contributed by atoms with Gasteiger partial charge in [-0.3, -0.25) is 14.5 Å². The summed E-state index contributed by atoms with van der Waals surface area (Å²) in [5.41, 5.74) is 3.77. The summed E-state index contributed by atoms with van der Waals surface area (Å²) >= 11 is 0. The van der Waals surface area contributed by atoms with E-state index >= 15 is 0 Å². The maximum Gasteiger partial charge on any atom is 0.255 e. The lowest BCUT2D eigenvalue weighted by molar-refractivity contribution is 0.0951. The molecule has 3 aromatic carbocycles. The minimum absolute atomic E-state index is 0.221. The number of hydrogen-bond acceptors (Lipinski definition) is 3. The highest BCUT2D eigenvalue weighted by molar-refractivity contribution is 6.08. The minimum Gasteiger partial charge on any atom is -0.348 e. The lowest BCUT2D eigenvalue weighted by atomic mass is 10.1. The van der Waals surface area contributed by atoms with Crippen LogP contribution in [0.5, 0.6) is 0 Å². The van der Waals surface area contributed by atoms with E-state index in [-0.39, 0.29) is 11.8 Å². The molecule has 0 heterocycles. The Morgan fingerprint density at radius 2 is 1.35 bits per heavy atom. The molecule has 0 aliphatic heterocycles. The fourth-order valence-corrected chi connectivity index (χ4v) is 3.42. The van der Waals surface area contributed by atoms with E-state index in [9.17, 15) is 9.59 Å². The maximum atomic E-state index is 12.9. The maximum absolute atomic E-state index is 12.9. The third kappa shape index (κ3) is 6.03. The predicted molar refractivity (Wildman–Crippen MR) is 125 cm³/mol. The first-order valence-electron chi connectivity index (χ1n) is 10.6. The average Bonchev–Trinajstić information content (AvgIpc) is 2.82. The smallest absolute Gasteiger partial charge is 0.255 e. The summed E-state index contributed by atoms with van der Waals surface area (Å²) in [5.74, 6) is -0.466. The van der Waals surface area contributed by atoms with Gasteiger partial charge < -0.3 is 10.6 Å². The molecule has 5 heteroatoms. The SMILES string of the molecule is CCN(CC)Cc1ccccc1CNC(=O)c1ccccc1NC(=O)c1ccccc1. The van der Waals surface area contributed by atoms with E-state index in [2.05, 4.69) is 35.4 Å². The van der Waals surface area contributed by atoms with Gasteiger partial charge in [0.15, 0.2) is 0 Å². The van der Waals surface area contributed by atoms with Gasteiger partial charge in [0.1, 0.15) is 0 Å². The van der Waals surface area contributed by atoms with Crippen molar-refractivity contribution in [2.45, 2.75) is 26.9 Å². The molecule has 0 saturated carbocycles. The fraction of sp³-hybridized carbons (Fsp3) is 0.231. The lowest BCUT2D eigenvalue weighted by Gasteiger charge is -2.20. The van der Waals surface area contributed by atoms with Crippen LogP contribution in [0, 0.1) is 0 Å². The van der Waals surface area contributed by atoms with Crippen molar-refractivity contribution < 1.29 is 9.59 Å². The number of anilines is 1. The van der Waals surface area contributed by atoms with Gasteiger partial charge >= 0.3 is 0 Å². The van der Waals surface area contributed by atoms with E-state index in [1.54, 1.807) is 36.4 Å². The highest BCUT2D eigenvalue weighted by atomic mass is 16.2. The summed E-state index contributed by atoms with van der Waals surface area (Å²) in [6, 6.07) is 24.2. The number of amides is 2. The zero-order valence-electron chi connectivity index (χ0n) is 18.1. The molecule has 0 atom stereocenters. The van der Waals surface area contributed by atoms with Crippen molar-refractivity contribution in [3.8, 4) is 0 Å². The molecule has 0 saturated heterocycles. The Morgan fingerprint density at radius 3 is 2.06 bits per heavy atom. The largest absolute Gasteiger partial charge is 0.348 e. The molecular weight excluding hydrogens is 386 g/mol. The van der Waals surface area contributed by atoms with Crippen LogP contribution in [0.1, 0.15) is 45.7 Å². The van der Waals surface area contributed by atoms with Crippen molar-refractivity contribution in [3.63, 3.8) is 0 Å². The molecular formula is C26H29N3O2. The standard InChI is InChI=1S/C26H29N3O2/c1-3-29(4-2)19-22-15-9-8-14-21(22)18-27-26(31)23-16-10-11-17-24(23)28-25(30)20-12-6-5-7-13-20/h5-17H,3-4,18-19H2,1-2H3,(H,27,31)(H,28,30). The fourth-order valence-electron chi connectivity index (χ4n) is 3.42. The first-order chi connectivity index (χ1) is 15.1. The molecule has 160 valence electrons. The molecule has 3 aromatic rings. The Labute approximate surface area is 184 Å². The van der Waals surface area contributed by atoms with Crippen LogP contribution in [0.2, 0.25) is 0 Å². The third-order valence-corrected chi connectivity index (χ3v) is 5.30. The van der Waals surface area contributed by atoms with Gasteiger partial charge in [0.05, 0.1) is 11.3 Å². The molecule has 0 spiro atoms. The zero-order valence-corrected chi connectivity index (χ0v) is 18.1. The monoisotopic (exact) mass is 415 g/mol. The van der Waals surface area contributed by atoms with Crippen molar-refractivity contribution in [2.75, 3.05) is 18.4 Å². The lowest BCUT2D eigenvalue weighted by Crippen LogP contribution is -2.27. The summed E-state index contributed by atoms with van der Waals surface area (Å²) in [5, 5.41) is 5.86. The van der Waals surface area contributed by atoms with Crippen LogP contribution >= 0.6 is 0 Å². The topological polar surface area (TPSA) is 61.4 Å². The molecule has 2 N–H and O–H groups in total. The van der Waals surface area contributed by atoms with Crippen molar-refractivity contribution in [1.29, 1.82) is 0 Å². The predicted octanol–water partition coefficient (Wildman–Crippen LogP) is 4.71. The quantitative estimate of drug-likeness (QED) is 0.532. The number of nitrogens with one attached hydrogen (secondary N) is 2. The van der Waals surface area contributed by atoms with Crippen molar-refractivity contribution in [1.82, 2.24) is 10.2 Å². The molecule has 0 radical (unpaired) electrons. The average molecular weight is 416 g/mol. The molecule has 3 rings (SSSR count). The van der Waals surface area contributed by atoms with Gasteiger partial charge in [-0.25, -0.2) is 0 Å². The number of para-hydroxylation sites is 1. The minimum atomic E-state index is -0.245. The Balaban J connectivity index is 1.70. The first kappa shape index (κ1) is 22.2. The molecule has 5 nitrogen and oxygen atoms in total. The number of benzene rings is 3. The Hall–Kier alpha value is -3.44. The van der Waals surface area contributed by atoms with E-state index in [1.165, 1.54) is 5.56 Å². The van der Waals surface area contributed by atoms with Crippen LogP contribution in [0.25, 0.3) is 0 Å². The first-order valence-corrected chi connectivity index (χ1v) is 10.6. The second-order valence-corrected chi connectivity index (χ2v) is 7.28. The van der Waals surface area contributed by atoms with E-state index in [1.807, 2.05) is 36.4 Å². The molecule has 0 aromatic heterocycles. The summed E-state index contributed by atoms with van der Waals surface area (Å²) in [7, 11) is 0. The second kappa shape index (κ2) is 11.1. The van der Waals surface area contributed by atoms with Gasteiger partial charge in [-0.2, -0.15) is 0 Å². The van der Waals surface area contributed by atoms with Crippen molar-refractivity contribution >= 4 is 17.5 Å². The zero-order chi connectivity index (χ0) is 22.1. The normalized spacial score (nSPS) is 10.7. The van der Waals surface area contributed by atoms with Gasteiger partial charge in [-0.05, 0) is 48.5 Å². The second-order valence-electron chi connectivity index (χ2n) is 7.28. The Bertz CT molecular complexity index is 1010. The molecule has 0 fully saturated rings. The molecule has 0 aliphatic carbocycles. The molecule has 0 aliphatic rings. The summed E-state index contributed by atoms with van der Waals surface area (Å²) in [6.45, 7) is 7.53. The van der Waals surface area contributed by atoms with Gasteiger partial charge in [0, 0.05) is 18.7 Å². The van der Waals surface area contributed by atoms with Crippen molar-refractivity contribution in [2.24, 2.45) is 0 Å². The summed E-state index contributed by atoms with van der Waals surface area (Å²) < 4.78 is 0. The molecule has 0 bridgehead atoms. The van der Waals surface area contributed by atoms with Gasteiger partial charge in [0.25, 0.3) is 11.8 Å². The van der Waals surface area contributed by atoms with E-state index < -0.39 is 0 Å². The van der Waals surface area contributed by atoms with E-state index in [4.69, 9.17) is 0 Å².